The number of ether oxygens (including phenoxy) is 4. The molecule has 0 N–H and O–H groups in total. The number of hydrogen-bond donors (Lipinski definition) is 0. The largest absolute Gasteiger partial charge is 0.453 e. The first-order valence-electron chi connectivity index (χ1n) is 11.6. The third-order valence-corrected chi connectivity index (χ3v) is 5.83. The highest BCUT2D eigenvalue weighted by Crippen LogP contribution is 2.31. The number of nitrogens with zero attached hydrogens (tertiary/aromatic N) is 2. The number of aromatic nitrogens is 1. The van der Waals surface area contributed by atoms with E-state index in [2.05, 4.69) is 4.90 Å². The van der Waals surface area contributed by atoms with Crippen molar-refractivity contribution in [1.29, 1.82) is 0 Å². The second kappa shape index (κ2) is 10.9. The zero-order valence-electron chi connectivity index (χ0n) is 19.0. The van der Waals surface area contributed by atoms with Crippen LogP contribution in [0.4, 0.5) is 5.69 Å². The smallest absolute Gasteiger partial charge is 0.190 e. The van der Waals surface area contributed by atoms with Gasteiger partial charge >= 0.3 is 0 Å². The summed E-state index contributed by atoms with van der Waals surface area (Å²) in [4.78, 5) is 19.6. The van der Waals surface area contributed by atoms with E-state index in [1.54, 1.807) is 0 Å². The Kier molecular flexibility index (Phi) is 7.31. The third kappa shape index (κ3) is 5.20. The Morgan fingerprint density at radius 2 is 1.32 bits per heavy atom. The number of benzene rings is 3. The molecule has 0 amide bonds. The zero-order valence-corrected chi connectivity index (χ0v) is 19.0. The SMILES string of the molecule is O=c1cc2oc3cc(N4CCOCCOCCOCCOCC4)ccc3nc-2c2ccccc12. The highest BCUT2D eigenvalue weighted by atomic mass is 16.6. The van der Waals surface area contributed by atoms with Crippen LogP contribution >= 0.6 is 0 Å². The van der Waals surface area contributed by atoms with E-state index in [4.69, 9.17) is 28.3 Å². The molecule has 0 bridgehead atoms. The van der Waals surface area contributed by atoms with Crippen LogP contribution in [0.15, 0.2) is 57.7 Å². The van der Waals surface area contributed by atoms with Crippen LogP contribution in [-0.2, 0) is 18.9 Å². The summed E-state index contributed by atoms with van der Waals surface area (Å²) in [6.07, 6.45) is 0. The van der Waals surface area contributed by atoms with Crippen molar-refractivity contribution in [2.45, 2.75) is 0 Å². The van der Waals surface area contributed by atoms with Gasteiger partial charge in [-0.25, -0.2) is 4.98 Å². The van der Waals surface area contributed by atoms with Gasteiger partial charge in [-0.1, -0.05) is 24.3 Å². The van der Waals surface area contributed by atoms with Crippen LogP contribution in [-0.4, -0.2) is 70.9 Å². The van der Waals surface area contributed by atoms with Gasteiger partial charge in [-0.3, -0.25) is 4.79 Å². The van der Waals surface area contributed by atoms with Gasteiger partial charge in [-0.2, -0.15) is 0 Å². The molecule has 1 saturated heterocycles. The fraction of sp³-hybridized carbons (Fsp3) is 0.385. The topological polar surface area (TPSA) is 83.3 Å². The first kappa shape index (κ1) is 22.7. The fourth-order valence-electron chi connectivity index (χ4n) is 4.09. The van der Waals surface area contributed by atoms with Crippen LogP contribution in [0.1, 0.15) is 0 Å². The van der Waals surface area contributed by atoms with Crippen molar-refractivity contribution in [3.05, 3.63) is 58.8 Å². The Labute approximate surface area is 197 Å². The Bertz CT molecular complexity index is 1260. The van der Waals surface area contributed by atoms with Crippen LogP contribution in [0.2, 0.25) is 0 Å². The molecule has 34 heavy (non-hydrogen) atoms. The lowest BCUT2D eigenvalue weighted by Crippen LogP contribution is -2.31. The Hall–Kier alpha value is -3.04. The summed E-state index contributed by atoms with van der Waals surface area (Å²) in [7, 11) is 0. The van der Waals surface area contributed by atoms with Gasteiger partial charge in [-0.05, 0) is 12.1 Å². The summed E-state index contributed by atoms with van der Waals surface area (Å²) in [6, 6.07) is 14.9. The van der Waals surface area contributed by atoms with Crippen molar-refractivity contribution in [3.63, 3.8) is 0 Å². The van der Waals surface area contributed by atoms with Crippen molar-refractivity contribution in [2.24, 2.45) is 0 Å². The van der Waals surface area contributed by atoms with E-state index in [-0.39, 0.29) is 5.43 Å². The van der Waals surface area contributed by atoms with E-state index < -0.39 is 0 Å². The van der Waals surface area contributed by atoms with Gasteiger partial charge in [0.2, 0.25) is 0 Å². The summed E-state index contributed by atoms with van der Waals surface area (Å²) in [5, 5.41) is 1.44. The first-order valence-corrected chi connectivity index (χ1v) is 11.6. The molecule has 2 aliphatic heterocycles. The van der Waals surface area contributed by atoms with Gasteiger partial charge in [0.25, 0.3) is 0 Å². The highest BCUT2D eigenvalue weighted by Gasteiger charge is 2.16. The molecule has 1 aliphatic carbocycles. The molecule has 0 unspecified atom stereocenters. The molecule has 0 aromatic heterocycles. The Morgan fingerprint density at radius 1 is 0.706 bits per heavy atom. The monoisotopic (exact) mass is 464 g/mol. The lowest BCUT2D eigenvalue weighted by molar-refractivity contribution is 0.00206. The predicted molar refractivity (Wildman–Crippen MR) is 130 cm³/mol. The van der Waals surface area contributed by atoms with E-state index >= 15 is 0 Å². The van der Waals surface area contributed by atoms with E-state index in [0.717, 1.165) is 16.6 Å². The lowest BCUT2D eigenvalue weighted by atomic mass is 10.0. The van der Waals surface area contributed by atoms with Crippen LogP contribution in [0.25, 0.3) is 33.3 Å². The summed E-state index contributed by atoms with van der Waals surface area (Å²) < 4.78 is 28.6. The Morgan fingerprint density at radius 3 is 2.00 bits per heavy atom. The van der Waals surface area contributed by atoms with Gasteiger partial charge in [-0.15, -0.1) is 0 Å². The van der Waals surface area contributed by atoms with Crippen molar-refractivity contribution >= 4 is 27.6 Å². The van der Waals surface area contributed by atoms with Gasteiger partial charge in [0.1, 0.15) is 11.2 Å². The molecule has 0 atom stereocenters. The number of anilines is 1. The lowest BCUT2D eigenvalue weighted by Gasteiger charge is -2.25. The summed E-state index contributed by atoms with van der Waals surface area (Å²) in [6.45, 7) is 5.81. The maximum atomic E-state index is 12.6. The van der Waals surface area contributed by atoms with E-state index in [1.807, 2.05) is 42.5 Å². The average Bonchev–Trinajstić information content (AvgIpc) is 2.87. The normalized spacial score (nSPS) is 17.6. The average molecular weight is 465 g/mol. The van der Waals surface area contributed by atoms with Crippen molar-refractivity contribution in [2.75, 3.05) is 70.8 Å². The zero-order chi connectivity index (χ0) is 23.2. The molecule has 2 aromatic carbocycles. The summed E-state index contributed by atoms with van der Waals surface area (Å²) in [5.41, 5.74) is 2.96. The second-order valence-corrected chi connectivity index (χ2v) is 8.07. The molecule has 0 radical (unpaired) electrons. The molecule has 8 heteroatoms. The van der Waals surface area contributed by atoms with Gasteiger partial charge in [0.15, 0.2) is 16.8 Å². The van der Waals surface area contributed by atoms with Gasteiger partial charge < -0.3 is 28.3 Å². The number of rotatable bonds is 1. The van der Waals surface area contributed by atoms with Crippen LogP contribution in [0.3, 0.4) is 0 Å². The maximum Gasteiger partial charge on any atom is 0.190 e. The van der Waals surface area contributed by atoms with Gasteiger partial charge in [0, 0.05) is 41.7 Å². The van der Waals surface area contributed by atoms with Crippen LogP contribution < -0.4 is 10.3 Å². The van der Waals surface area contributed by atoms with E-state index in [1.165, 1.54) is 6.07 Å². The van der Waals surface area contributed by atoms with Crippen LogP contribution in [0.5, 0.6) is 0 Å². The third-order valence-electron chi connectivity index (χ3n) is 5.83. The molecule has 2 heterocycles. The molecule has 5 rings (SSSR count). The quantitative estimate of drug-likeness (QED) is 0.313. The summed E-state index contributed by atoms with van der Waals surface area (Å²) >= 11 is 0. The fourth-order valence-corrected chi connectivity index (χ4v) is 4.09. The van der Waals surface area contributed by atoms with Crippen molar-refractivity contribution in [3.8, 4) is 11.5 Å². The van der Waals surface area contributed by atoms with Gasteiger partial charge in [0.05, 0.1) is 52.9 Å². The minimum atomic E-state index is -0.0722. The molecular formula is C26H28N2O6. The molecule has 8 nitrogen and oxygen atoms in total. The van der Waals surface area contributed by atoms with Crippen molar-refractivity contribution in [1.82, 2.24) is 4.98 Å². The minimum Gasteiger partial charge on any atom is -0.453 e. The molecule has 178 valence electrons. The predicted octanol–water partition coefficient (Wildman–Crippen LogP) is 3.33. The Balaban J connectivity index is 1.42. The molecule has 1 fully saturated rings. The summed E-state index contributed by atoms with van der Waals surface area (Å²) in [5.74, 6) is 0.483. The maximum absolute atomic E-state index is 12.6. The second-order valence-electron chi connectivity index (χ2n) is 8.07. The number of hydrogen-bond acceptors (Lipinski definition) is 8. The highest BCUT2D eigenvalue weighted by molar-refractivity contribution is 5.96. The number of fused-ring (bicyclic) bond motifs is 4. The molecule has 2 aromatic rings. The molecule has 0 spiro atoms. The van der Waals surface area contributed by atoms with E-state index in [0.29, 0.717) is 88.4 Å². The first-order chi connectivity index (χ1) is 16.8. The molecule has 0 saturated carbocycles. The molecule has 3 aliphatic rings. The van der Waals surface area contributed by atoms with Crippen LogP contribution in [0, 0.1) is 0 Å². The van der Waals surface area contributed by atoms with Crippen molar-refractivity contribution < 1.29 is 23.4 Å². The van der Waals surface area contributed by atoms with E-state index in [9.17, 15) is 4.79 Å². The minimum absolute atomic E-state index is 0.0722. The molecular weight excluding hydrogens is 436 g/mol. The standard InChI is InChI=1S/C26H28N2O6/c29-23-18-25-26(21-4-2-1-3-20(21)23)27-22-6-5-19(17-24(22)34-25)28-7-9-30-11-13-32-15-16-33-14-12-31-10-8-28/h1-6,17-18H,7-16H2.